The molecule has 0 atom stereocenters. The van der Waals surface area contributed by atoms with Crippen LogP contribution in [0.25, 0.3) is 5.57 Å². The smallest absolute Gasteiger partial charge is 0.282 e. The summed E-state index contributed by atoms with van der Waals surface area (Å²) in [7, 11) is 1.68. The van der Waals surface area contributed by atoms with Gasteiger partial charge in [0.2, 0.25) is 0 Å². The summed E-state index contributed by atoms with van der Waals surface area (Å²) in [5.41, 5.74) is 3.65. The highest BCUT2D eigenvalue weighted by molar-refractivity contribution is 6.46. The van der Waals surface area contributed by atoms with Gasteiger partial charge in [-0.05, 0) is 48.7 Å². The number of hydrogen-bond acceptors (Lipinski definition) is 4. The Labute approximate surface area is 173 Å². The molecule has 1 aliphatic heterocycles. The van der Waals surface area contributed by atoms with Crippen molar-refractivity contribution in [3.63, 3.8) is 0 Å². The predicted molar refractivity (Wildman–Crippen MR) is 112 cm³/mol. The van der Waals surface area contributed by atoms with E-state index in [4.69, 9.17) is 23.2 Å². The Morgan fingerprint density at radius 2 is 1.68 bits per heavy atom. The van der Waals surface area contributed by atoms with E-state index < -0.39 is 11.8 Å². The van der Waals surface area contributed by atoms with Gasteiger partial charge in [0.05, 0.1) is 27.9 Å². The van der Waals surface area contributed by atoms with Gasteiger partial charge in [-0.3, -0.25) is 9.59 Å². The quantitative estimate of drug-likeness (QED) is 0.749. The van der Waals surface area contributed by atoms with Crippen LogP contribution in [-0.2, 0) is 9.59 Å². The van der Waals surface area contributed by atoms with Crippen LogP contribution in [0.2, 0.25) is 10.0 Å². The lowest BCUT2D eigenvalue weighted by Gasteiger charge is -2.20. The number of carbonyl (C=O) groups excluding carboxylic acids is 2. The Kier molecular flexibility index (Phi) is 5.79. The van der Waals surface area contributed by atoms with Gasteiger partial charge in [-0.15, -0.1) is 0 Å². The molecule has 2 amide bonds. The van der Waals surface area contributed by atoms with Crippen molar-refractivity contribution < 1.29 is 14.7 Å². The highest BCUT2D eigenvalue weighted by Crippen LogP contribution is 2.36. The normalized spacial score (nSPS) is 14.3. The van der Waals surface area contributed by atoms with E-state index in [1.165, 1.54) is 6.07 Å². The van der Waals surface area contributed by atoms with Gasteiger partial charge in [-0.1, -0.05) is 41.4 Å². The maximum atomic E-state index is 13.3. The molecule has 146 valence electrons. The van der Waals surface area contributed by atoms with Crippen LogP contribution in [-0.4, -0.2) is 42.0 Å². The van der Waals surface area contributed by atoms with Gasteiger partial charge in [0, 0.05) is 13.6 Å². The van der Waals surface area contributed by atoms with Crippen LogP contribution in [0.4, 0.5) is 5.69 Å². The van der Waals surface area contributed by atoms with Crippen molar-refractivity contribution in [2.45, 2.75) is 13.8 Å². The summed E-state index contributed by atoms with van der Waals surface area (Å²) in [4.78, 5) is 29.2. The number of aliphatic hydroxyl groups is 1. The molecule has 0 unspecified atom stereocenters. The van der Waals surface area contributed by atoms with E-state index in [9.17, 15) is 14.7 Å². The minimum atomic E-state index is -0.465. The fourth-order valence-corrected chi connectivity index (χ4v) is 3.44. The summed E-state index contributed by atoms with van der Waals surface area (Å²) in [6.07, 6.45) is 0. The number of aryl methyl sites for hydroxylation is 2. The first kappa shape index (κ1) is 20.4. The Hall–Kier alpha value is -2.34. The van der Waals surface area contributed by atoms with E-state index in [0.717, 1.165) is 16.0 Å². The number of hydrogen-bond donors (Lipinski definition) is 1. The highest BCUT2D eigenvalue weighted by atomic mass is 35.5. The molecule has 0 saturated carbocycles. The molecule has 0 saturated heterocycles. The second-order valence-electron chi connectivity index (χ2n) is 6.71. The van der Waals surface area contributed by atoms with Gasteiger partial charge in [0.25, 0.3) is 11.8 Å². The molecule has 0 aliphatic carbocycles. The van der Waals surface area contributed by atoms with Crippen molar-refractivity contribution in [2.24, 2.45) is 0 Å². The molecule has 1 N–H and O–H groups in total. The number of likely N-dealkylation sites (N-methyl/N-ethyl adjacent to an activating group) is 1. The molecule has 0 radical (unpaired) electrons. The first-order valence-corrected chi connectivity index (χ1v) is 9.49. The Morgan fingerprint density at radius 3 is 2.29 bits per heavy atom. The van der Waals surface area contributed by atoms with Crippen LogP contribution in [0.3, 0.4) is 0 Å². The van der Waals surface area contributed by atoms with Crippen molar-refractivity contribution in [3.05, 3.63) is 68.8 Å². The number of carbonyl (C=O) groups is 2. The largest absolute Gasteiger partial charge is 0.395 e. The number of rotatable bonds is 5. The number of imide groups is 1. The molecule has 0 spiro atoms. The van der Waals surface area contributed by atoms with Crippen LogP contribution in [0, 0.1) is 13.8 Å². The summed E-state index contributed by atoms with van der Waals surface area (Å²) in [6, 6.07) is 10.3. The predicted octanol–water partition coefficient (Wildman–Crippen LogP) is 3.82. The topological polar surface area (TPSA) is 60.9 Å². The van der Waals surface area contributed by atoms with Crippen molar-refractivity contribution >= 4 is 46.3 Å². The molecule has 0 bridgehead atoms. The van der Waals surface area contributed by atoms with Crippen LogP contribution in [0.15, 0.2) is 42.1 Å². The van der Waals surface area contributed by atoms with E-state index in [0.29, 0.717) is 21.8 Å². The molecule has 5 nitrogen and oxygen atoms in total. The number of aliphatic hydroxyl groups excluding tert-OH is 1. The second kappa shape index (κ2) is 7.95. The Balaban J connectivity index is 2.16. The molecular formula is C21H20Cl2N2O3. The first-order valence-electron chi connectivity index (χ1n) is 8.74. The van der Waals surface area contributed by atoms with Gasteiger partial charge in [0.1, 0.15) is 5.70 Å². The van der Waals surface area contributed by atoms with E-state index in [1.54, 1.807) is 24.1 Å². The van der Waals surface area contributed by atoms with Crippen molar-refractivity contribution in [2.75, 3.05) is 25.1 Å². The van der Waals surface area contributed by atoms with Gasteiger partial charge in [0.15, 0.2) is 0 Å². The first-order chi connectivity index (χ1) is 13.3. The zero-order valence-electron chi connectivity index (χ0n) is 15.8. The van der Waals surface area contributed by atoms with E-state index in [1.807, 2.05) is 32.0 Å². The van der Waals surface area contributed by atoms with E-state index in [2.05, 4.69) is 0 Å². The summed E-state index contributed by atoms with van der Waals surface area (Å²) in [5, 5.41) is 9.92. The fraction of sp³-hybridized carbons (Fsp3) is 0.238. The van der Waals surface area contributed by atoms with E-state index in [-0.39, 0.29) is 23.9 Å². The highest BCUT2D eigenvalue weighted by Gasteiger charge is 2.41. The van der Waals surface area contributed by atoms with Crippen LogP contribution < -0.4 is 4.90 Å². The van der Waals surface area contributed by atoms with Crippen LogP contribution in [0.1, 0.15) is 16.7 Å². The second-order valence-corrected chi connectivity index (χ2v) is 7.53. The molecule has 0 fully saturated rings. The lowest BCUT2D eigenvalue weighted by atomic mass is 9.99. The SMILES string of the molecule is Cc1ccc(C2=C(N(C)CCO)C(=O)N(c3ccc(Cl)c(Cl)c3)C2=O)cc1C. The van der Waals surface area contributed by atoms with Gasteiger partial charge in [-0.2, -0.15) is 0 Å². The van der Waals surface area contributed by atoms with Crippen LogP contribution >= 0.6 is 23.2 Å². The fourth-order valence-electron chi connectivity index (χ4n) is 3.15. The number of benzene rings is 2. The maximum absolute atomic E-state index is 13.3. The number of nitrogens with zero attached hydrogens (tertiary/aromatic N) is 2. The molecule has 1 aliphatic rings. The molecule has 2 aromatic rings. The molecule has 28 heavy (non-hydrogen) atoms. The summed E-state index contributed by atoms with van der Waals surface area (Å²) in [5.74, 6) is -0.904. The molecule has 0 aromatic heterocycles. The standard InChI is InChI=1S/C21H20Cl2N2O3/c1-12-4-5-14(10-13(12)2)18-19(24(3)8-9-26)21(28)25(20(18)27)15-6-7-16(22)17(23)11-15/h4-7,10-11,26H,8-9H2,1-3H3. The number of anilines is 1. The van der Waals surface area contributed by atoms with Crippen LogP contribution in [0.5, 0.6) is 0 Å². The lowest BCUT2D eigenvalue weighted by Crippen LogP contribution is -2.34. The summed E-state index contributed by atoms with van der Waals surface area (Å²) < 4.78 is 0. The zero-order valence-corrected chi connectivity index (χ0v) is 17.3. The third kappa shape index (κ3) is 3.53. The third-order valence-electron chi connectivity index (χ3n) is 4.83. The van der Waals surface area contributed by atoms with Crippen molar-refractivity contribution in [1.82, 2.24) is 4.90 Å². The van der Waals surface area contributed by atoms with Crippen molar-refractivity contribution in [1.29, 1.82) is 0 Å². The van der Waals surface area contributed by atoms with E-state index >= 15 is 0 Å². The summed E-state index contributed by atoms with van der Waals surface area (Å²) >= 11 is 12.1. The lowest BCUT2D eigenvalue weighted by molar-refractivity contribution is -0.120. The van der Waals surface area contributed by atoms with Gasteiger partial charge < -0.3 is 10.0 Å². The molecule has 3 rings (SSSR count). The third-order valence-corrected chi connectivity index (χ3v) is 5.57. The average molecular weight is 419 g/mol. The van der Waals surface area contributed by atoms with Gasteiger partial charge in [-0.25, -0.2) is 4.90 Å². The molecular weight excluding hydrogens is 399 g/mol. The zero-order chi connectivity index (χ0) is 20.6. The Morgan fingerprint density at radius 1 is 0.964 bits per heavy atom. The Bertz CT molecular complexity index is 1000. The minimum absolute atomic E-state index is 0.144. The monoisotopic (exact) mass is 418 g/mol. The molecule has 7 heteroatoms. The number of halogens is 2. The number of amides is 2. The average Bonchev–Trinajstić information content (AvgIpc) is 2.91. The summed E-state index contributed by atoms with van der Waals surface area (Å²) in [6.45, 7) is 4.01. The maximum Gasteiger partial charge on any atom is 0.282 e. The minimum Gasteiger partial charge on any atom is -0.395 e. The van der Waals surface area contributed by atoms with Gasteiger partial charge >= 0.3 is 0 Å². The molecule has 1 heterocycles. The van der Waals surface area contributed by atoms with Crippen molar-refractivity contribution in [3.8, 4) is 0 Å². The molecule has 2 aromatic carbocycles.